The van der Waals surface area contributed by atoms with Crippen molar-refractivity contribution in [1.82, 2.24) is 9.97 Å². The minimum absolute atomic E-state index is 0.0671. The van der Waals surface area contributed by atoms with Gasteiger partial charge < -0.3 is 20.7 Å². The Hall–Kier alpha value is -3.43. The molecule has 3 heterocycles. The van der Waals surface area contributed by atoms with Gasteiger partial charge in [-0.3, -0.25) is 9.78 Å². The van der Waals surface area contributed by atoms with Gasteiger partial charge in [0.15, 0.2) is 6.29 Å². The summed E-state index contributed by atoms with van der Waals surface area (Å²) in [5.74, 6) is 0.161. The van der Waals surface area contributed by atoms with Gasteiger partial charge in [0, 0.05) is 43.6 Å². The molecule has 3 N–H and O–H groups in total. The summed E-state index contributed by atoms with van der Waals surface area (Å²) in [5, 5.41) is 3.24. The SMILES string of the molecule is CC.CC[C@@H]1CC(N)CC(c2ccncc2NC)C1.Cc1cc(N2CCOCC2)cc(F)c1-c1nc(C=O)ccc1F. The van der Waals surface area contributed by atoms with Crippen LogP contribution in [0.4, 0.5) is 20.2 Å². The molecule has 9 heteroatoms. The number of hydrogen-bond donors (Lipinski definition) is 2. The Kier molecular flexibility index (Phi) is 12.8. The van der Waals surface area contributed by atoms with Gasteiger partial charge >= 0.3 is 0 Å². The van der Waals surface area contributed by atoms with Crippen LogP contribution in [0.3, 0.4) is 0 Å². The number of nitrogens with one attached hydrogen (secondary N) is 1. The van der Waals surface area contributed by atoms with Crippen LogP contribution in [0.25, 0.3) is 11.3 Å². The fourth-order valence-corrected chi connectivity index (χ4v) is 5.77. The van der Waals surface area contributed by atoms with E-state index in [0.29, 0.717) is 50.1 Å². The molecular weight excluding hydrogens is 536 g/mol. The molecule has 5 rings (SSSR count). The van der Waals surface area contributed by atoms with Crippen LogP contribution in [0.5, 0.6) is 0 Å². The van der Waals surface area contributed by atoms with Crippen molar-refractivity contribution in [2.24, 2.45) is 11.7 Å². The van der Waals surface area contributed by atoms with Gasteiger partial charge in [-0.25, -0.2) is 13.8 Å². The Labute approximate surface area is 248 Å². The number of nitrogens with two attached hydrogens (primary N) is 1. The molecule has 42 heavy (non-hydrogen) atoms. The van der Waals surface area contributed by atoms with Crippen molar-refractivity contribution in [3.05, 3.63) is 71.2 Å². The highest BCUT2D eigenvalue weighted by Crippen LogP contribution is 2.39. The van der Waals surface area contributed by atoms with Crippen LogP contribution in [-0.2, 0) is 4.74 Å². The van der Waals surface area contributed by atoms with Gasteiger partial charge in [-0.2, -0.15) is 0 Å². The van der Waals surface area contributed by atoms with Crippen molar-refractivity contribution in [3.8, 4) is 11.3 Å². The summed E-state index contributed by atoms with van der Waals surface area (Å²) in [6.07, 6.45) is 9.11. The summed E-state index contributed by atoms with van der Waals surface area (Å²) < 4.78 is 33.9. The van der Waals surface area contributed by atoms with Crippen molar-refractivity contribution in [1.29, 1.82) is 0 Å². The lowest BCUT2D eigenvalue weighted by molar-refractivity contribution is 0.111. The highest BCUT2D eigenvalue weighted by atomic mass is 19.1. The summed E-state index contributed by atoms with van der Waals surface area (Å²) in [7, 11) is 1.96. The molecule has 0 spiro atoms. The van der Waals surface area contributed by atoms with E-state index in [4.69, 9.17) is 10.5 Å². The van der Waals surface area contributed by atoms with Gasteiger partial charge in [0.2, 0.25) is 0 Å². The average molecular weight is 582 g/mol. The topological polar surface area (TPSA) is 93.4 Å². The average Bonchev–Trinajstić information content (AvgIpc) is 3.03. The number of benzene rings is 1. The van der Waals surface area contributed by atoms with Crippen molar-refractivity contribution < 1.29 is 18.3 Å². The molecule has 1 aliphatic heterocycles. The fourth-order valence-electron chi connectivity index (χ4n) is 5.77. The number of halogens is 2. The van der Waals surface area contributed by atoms with E-state index in [1.54, 1.807) is 13.0 Å². The second-order valence-electron chi connectivity index (χ2n) is 10.6. The standard InChI is InChI=1S/C17H16F2N2O2.C14H23N3.C2H6/c1-11-8-13(21-4-6-23-7-5-21)9-15(19)16(11)17-14(18)3-2-12(10-22)20-17;1-3-10-6-11(8-12(15)7-10)13-4-5-17-9-14(13)16-2;1-2/h2-3,8-10H,4-7H2,1H3;4-5,9-12,16H,3,6-8,15H2,1-2H3;1-2H3/t;10-,11?,12?;/m.0./s1. The molecule has 1 saturated carbocycles. The molecule has 0 amide bonds. The highest BCUT2D eigenvalue weighted by molar-refractivity contribution is 5.75. The molecule has 2 aromatic heterocycles. The second-order valence-corrected chi connectivity index (χ2v) is 10.6. The van der Waals surface area contributed by atoms with E-state index >= 15 is 0 Å². The maximum absolute atomic E-state index is 14.6. The number of pyridine rings is 2. The number of aldehydes is 1. The number of carbonyl (C=O) groups excluding carboxylic acids is 1. The van der Waals surface area contributed by atoms with Crippen LogP contribution in [0.1, 0.15) is 74.0 Å². The first-order valence-corrected chi connectivity index (χ1v) is 15.0. The summed E-state index contributed by atoms with van der Waals surface area (Å²) in [6, 6.07) is 8.07. The zero-order valence-corrected chi connectivity index (χ0v) is 25.5. The number of morpholine rings is 1. The number of rotatable bonds is 6. The van der Waals surface area contributed by atoms with Crippen molar-refractivity contribution in [2.45, 2.75) is 65.3 Å². The third-order valence-electron chi connectivity index (χ3n) is 7.86. The lowest BCUT2D eigenvalue weighted by atomic mass is 9.75. The summed E-state index contributed by atoms with van der Waals surface area (Å²) in [4.78, 5) is 20.9. The molecule has 1 aromatic carbocycles. The zero-order chi connectivity index (χ0) is 30.6. The molecule has 1 aliphatic carbocycles. The number of nitrogens with zero attached hydrogens (tertiary/aromatic N) is 3. The molecule has 0 radical (unpaired) electrons. The molecule has 2 unspecified atom stereocenters. The lowest BCUT2D eigenvalue weighted by Crippen LogP contribution is -2.36. The van der Waals surface area contributed by atoms with Gasteiger partial charge in [0.1, 0.15) is 23.0 Å². The predicted molar refractivity (Wildman–Crippen MR) is 166 cm³/mol. The van der Waals surface area contributed by atoms with Crippen molar-refractivity contribution >= 4 is 17.7 Å². The van der Waals surface area contributed by atoms with Gasteiger partial charge in [0.25, 0.3) is 0 Å². The minimum atomic E-state index is -0.656. The molecule has 228 valence electrons. The Morgan fingerprint density at radius 1 is 1.10 bits per heavy atom. The van der Waals surface area contributed by atoms with Crippen LogP contribution in [-0.4, -0.2) is 55.6 Å². The Bertz CT molecular complexity index is 1280. The smallest absolute Gasteiger partial charge is 0.168 e. The second kappa shape index (κ2) is 16.3. The van der Waals surface area contributed by atoms with Crippen molar-refractivity contribution in [3.63, 3.8) is 0 Å². The lowest BCUT2D eigenvalue weighted by Gasteiger charge is -2.33. The fraction of sp³-hybridized carbons (Fsp3) is 0.485. The first-order valence-electron chi connectivity index (χ1n) is 15.0. The number of aryl methyl sites for hydroxylation is 1. The molecule has 0 bridgehead atoms. The molecule has 3 atom stereocenters. The van der Waals surface area contributed by atoms with E-state index in [0.717, 1.165) is 29.8 Å². The molecule has 1 saturated heterocycles. The van der Waals surface area contributed by atoms with Gasteiger partial charge in [-0.05, 0) is 79.5 Å². The molecule has 2 aliphatic rings. The normalized spacial score (nSPS) is 20.0. The van der Waals surface area contributed by atoms with E-state index in [1.165, 1.54) is 37.0 Å². The van der Waals surface area contributed by atoms with E-state index in [9.17, 15) is 13.6 Å². The Morgan fingerprint density at radius 3 is 2.48 bits per heavy atom. The largest absolute Gasteiger partial charge is 0.387 e. The van der Waals surface area contributed by atoms with Crippen LogP contribution >= 0.6 is 0 Å². The Morgan fingerprint density at radius 2 is 1.83 bits per heavy atom. The molecule has 2 fully saturated rings. The van der Waals surface area contributed by atoms with Crippen LogP contribution < -0.4 is 16.0 Å². The number of ether oxygens (including phenoxy) is 1. The first-order chi connectivity index (χ1) is 20.3. The third-order valence-corrected chi connectivity index (χ3v) is 7.86. The summed E-state index contributed by atoms with van der Waals surface area (Å²) in [5.41, 5.74) is 10.0. The van der Waals surface area contributed by atoms with Crippen LogP contribution in [0.15, 0.2) is 42.7 Å². The monoisotopic (exact) mass is 581 g/mol. The van der Waals surface area contributed by atoms with Crippen LogP contribution in [0.2, 0.25) is 0 Å². The van der Waals surface area contributed by atoms with E-state index in [2.05, 4.69) is 28.3 Å². The predicted octanol–water partition coefficient (Wildman–Crippen LogP) is 6.75. The maximum atomic E-state index is 14.6. The third kappa shape index (κ3) is 8.32. The van der Waals surface area contributed by atoms with Gasteiger partial charge in [-0.1, -0.05) is 27.2 Å². The molecular formula is C33H45F2N5O2. The minimum Gasteiger partial charge on any atom is -0.387 e. The van der Waals surface area contributed by atoms with Gasteiger partial charge in [0.05, 0.1) is 25.1 Å². The number of aromatic nitrogens is 2. The van der Waals surface area contributed by atoms with Crippen molar-refractivity contribution in [2.75, 3.05) is 43.6 Å². The summed E-state index contributed by atoms with van der Waals surface area (Å²) >= 11 is 0. The number of carbonyl (C=O) groups is 1. The summed E-state index contributed by atoms with van der Waals surface area (Å²) in [6.45, 7) is 10.5. The van der Waals surface area contributed by atoms with E-state index in [1.807, 2.05) is 38.2 Å². The first kappa shape index (κ1) is 33.1. The van der Waals surface area contributed by atoms with E-state index in [-0.39, 0.29) is 17.0 Å². The molecule has 7 nitrogen and oxygen atoms in total. The van der Waals surface area contributed by atoms with Gasteiger partial charge in [-0.15, -0.1) is 0 Å². The maximum Gasteiger partial charge on any atom is 0.168 e. The number of hydrogen-bond acceptors (Lipinski definition) is 7. The molecule has 3 aromatic rings. The zero-order valence-electron chi connectivity index (χ0n) is 25.5. The van der Waals surface area contributed by atoms with E-state index < -0.39 is 11.6 Å². The number of anilines is 2. The quantitative estimate of drug-likeness (QED) is 0.311. The Balaban J connectivity index is 0.000000227. The highest BCUT2D eigenvalue weighted by Gasteiger charge is 2.28. The van der Waals surface area contributed by atoms with Crippen LogP contribution in [0, 0.1) is 24.5 Å².